The predicted molar refractivity (Wildman–Crippen MR) is 290 cm³/mol. The van der Waals surface area contributed by atoms with Crippen LogP contribution < -0.4 is 10.6 Å². The smallest absolute Gasteiger partial charge is 0.428 e. The zero-order valence-corrected chi connectivity index (χ0v) is 45.8. The fourth-order valence-corrected chi connectivity index (χ4v) is 9.71. The molecule has 80 heavy (non-hydrogen) atoms. The Kier molecular flexibility index (Phi) is 28.2. The summed E-state index contributed by atoms with van der Waals surface area (Å²) in [4.78, 5) is 87.0. The number of Topliss-reactive ketones (excluding diaryl/α,β-unsaturated/α-hetero) is 1. The number of aryl methyl sites for hydroxylation is 2. The second kappa shape index (κ2) is 35.4. The number of carbonyl (C=O) groups is 6. The minimum Gasteiger partial charge on any atom is -0.428 e. The maximum Gasteiger partial charge on any atom is 0.534 e. The number of hydrogen-bond donors (Lipinski definition) is 2. The molecule has 1 fully saturated rings. The van der Waals surface area contributed by atoms with Crippen molar-refractivity contribution in [1.82, 2.24) is 20.3 Å². The number of fused-ring (bicyclic) bond motifs is 3. The molecule has 3 aromatic carbocycles. The van der Waals surface area contributed by atoms with E-state index in [2.05, 4.69) is 30.7 Å². The van der Waals surface area contributed by atoms with E-state index in [-0.39, 0.29) is 94.0 Å². The molecule has 4 amide bonds. The number of ketones is 1. The first-order valence-electron chi connectivity index (χ1n) is 26.5. The first-order valence-corrected chi connectivity index (χ1v) is 28.1. The Labute approximate surface area is 463 Å². The van der Waals surface area contributed by atoms with Gasteiger partial charge in [-0.1, -0.05) is 45.1 Å². The van der Waals surface area contributed by atoms with Crippen LogP contribution in [-0.4, -0.2) is 171 Å². The molecule has 27 heteroatoms. The Hall–Kier alpha value is -7.19. The highest BCUT2D eigenvalue weighted by molar-refractivity contribution is 7.91. The van der Waals surface area contributed by atoms with E-state index in [0.29, 0.717) is 114 Å². The average Bonchev–Trinajstić information content (AvgIpc) is 4.15. The molecule has 434 valence electrons. The molecule has 0 saturated carbocycles. The molecule has 1 aliphatic heterocycles. The van der Waals surface area contributed by atoms with Crippen LogP contribution >= 0.6 is 0 Å². The molecule has 1 atom stereocenters. The minimum absolute atomic E-state index is 0.0247. The van der Waals surface area contributed by atoms with Crippen LogP contribution in [0.3, 0.4) is 0 Å². The van der Waals surface area contributed by atoms with E-state index in [1.807, 2.05) is 23.6 Å². The highest BCUT2D eigenvalue weighted by Gasteiger charge is 2.35. The zero-order chi connectivity index (χ0) is 57.4. The van der Waals surface area contributed by atoms with Crippen LogP contribution in [0.2, 0.25) is 0 Å². The van der Waals surface area contributed by atoms with Crippen molar-refractivity contribution < 1.29 is 75.2 Å². The molecule has 2 N–H and O–H groups in total. The Morgan fingerprint density at radius 2 is 1.09 bits per heavy atom. The van der Waals surface area contributed by atoms with Gasteiger partial charge in [0.05, 0.1) is 89.9 Å². The zero-order valence-electron chi connectivity index (χ0n) is 45.0. The minimum atomic E-state index is -3.95. The molecular formula is C53H70N10O16S. The summed E-state index contributed by atoms with van der Waals surface area (Å²) < 4.78 is 66.8. The number of hydroxylamine groups is 2. The van der Waals surface area contributed by atoms with Crippen LogP contribution in [0.15, 0.2) is 75.8 Å². The summed E-state index contributed by atoms with van der Waals surface area (Å²) in [7, 11) is -3.95. The van der Waals surface area contributed by atoms with E-state index in [1.54, 1.807) is 36.4 Å². The molecule has 0 aliphatic carbocycles. The molecule has 26 nitrogen and oxygen atoms in total. The standard InChI is InChI=1S/C53H70N10O16S/c1-39-9-13-44(14-10-39)80(70,71)38-43(78-53(69)79-63-49(65)17-18-50(63)66)8-3-2-6-42(64)7-4-5-23-62-47-36-40(51(67)56-19-24-72-28-32-76-34-30-74-26-21-58-60-54)11-15-45(47)46-16-12-41(37-48(46)62)52(68)57-20-25-73-29-33-77-35-31-75-27-22-59-61-55/h9-16,36-37,43H,2-8,17-35,38H2,1H3,(H,56,67)(H,57,68). The quantitative estimate of drug-likeness (QED) is 0.0117. The lowest BCUT2D eigenvalue weighted by molar-refractivity contribution is -0.178. The molecule has 1 unspecified atom stereocenters. The fraction of sp³-hybridized carbons (Fsp3) is 0.547. The fourth-order valence-electron chi connectivity index (χ4n) is 8.24. The predicted octanol–water partition coefficient (Wildman–Crippen LogP) is 6.64. The lowest BCUT2D eigenvalue weighted by Gasteiger charge is -2.19. The monoisotopic (exact) mass is 1130 g/mol. The van der Waals surface area contributed by atoms with Gasteiger partial charge >= 0.3 is 6.16 Å². The van der Waals surface area contributed by atoms with Gasteiger partial charge in [-0.25, -0.2) is 13.2 Å². The van der Waals surface area contributed by atoms with Crippen molar-refractivity contribution in [1.29, 1.82) is 0 Å². The van der Waals surface area contributed by atoms with E-state index in [9.17, 15) is 37.2 Å². The van der Waals surface area contributed by atoms with Crippen molar-refractivity contribution in [2.24, 2.45) is 10.2 Å². The van der Waals surface area contributed by atoms with Crippen LogP contribution in [0, 0.1) is 6.92 Å². The Balaban J connectivity index is 1.15. The normalized spacial score (nSPS) is 12.8. The van der Waals surface area contributed by atoms with Crippen molar-refractivity contribution in [2.45, 2.75) is 82.3 Å². The van der Waals surface area contributed by atoms with Crippen LogP contribution in [0.5, 0.6) is 0 Å². The number of sulfone groups is 1. The van der Waals surface area contributed by atoms with Crippen LogP contribution in [-0.2, 0) is 68.8 Å². The molecule has 0 radical (unpaired) electrons. The summed E-state index contributed by atoms with van der Waals surface area (Å²) in [5.41, 5.74) is 19.8. The van der Waals surface area contributed by atoms with Gasteiger partial charge in [0.2, 0.25) is 0 Å². The van der Waals surface area contributed by atoms with Gasteiger partial charge < -0.3 is 48.4 Å². The van der Waals surface area contributed by atoms with Gasteiger partial charge in [-0.05, 0) is 86.5 Å². The largest absolute Gasteiger partial charge is 0.534 e. The van der Waals surface area contributed by atoms with E-state index in [0.717, 1.165) is 27.4 Å². The van der Waals surface area contributed by atoms with Crippen molar-refractivity contribution in [3.05, 3.63) is 98.2 Å². The van der Waals surface area contributed by atoms with E-state index >= 15 is 0 Å². The summed E-state index contributed by atoms with van der Waals surface area (Å²) >= 11 is 0. The summed E-state index contributed by atoms with van der Waals surface area (Å²) in [6.07, 6.45) is -0.639. The van der Waals surface area contributed by atoms with Crippen LogP contribution in [0.25, 0.3) is 42.7 Å². The number of hydrogen-bond acceptors (Lipinski definition) is 18. The molecule has 1 aromatic heterocycles. The summed E-state index contributed by atoms with van der Waals surface area (Å²) in [6, 6.07) is 17.0. The number of unbranched alkanes of at least 4 members (excludes halogenated alkanes) is 2. The molecular weight excluding hydrogens is 1060 g/mol. The molecule has 5 rings (SSSR count). The lowest BCUT2D eigenvalue weighted by Crippen LogP contribution is -2.35. The lowest BCUT2D eigenvalue weighted by atomic mass is 10.1. The van der Waals surface area contributed by atoms with E-state index in [4.69, 9.17) is 49.1 Å². The maximum absolute atomic E-state index is 13.4. The Morgan fingerprint density at radius 1 is 0.625 bits per heavy atom. The summed E-state index contributed by atoms with van der Waals surface area (Å²) in [5, 5.41) is 14.6. The third-order valence-corrected chi connectivity index (χ3v) is 14.1. The summed E-state index contributed by atoms with van der Waals surface area (Å²) in [5.74, 6) is -2.67. The van der Waals surface area contributed by atoms with Crippen molar-refractivity contribution in [3.8, 4) is 0 Å². The van der Waals surface area contributed by atoms with Crippen LogP contribution in [0.1, 0.15) is 84.1 Å². The van der Waals surface area contributed by atoms with Crippen molar-refractivity contribution >= 4 is 67.2 Å². The number of amides is 4. The number of nitrogens with one attached hydrogen (secondary N) is 2. The number of benzene rings is 3. The van der Waals surface area contributed by atoms with E-state index in [1.165, 1.54) is 12.1 Å². The Morgan fingerprint density at radius 3 is 1.57 bits per heavy atom. The van der Waals surface area contributed by atoms with Gasteiger partial charge in [0.1, 0.15) is 11.9 Å². The summed E-state index contributed by atoms with van der Waals surface area (Å²) in [6.45, 7) is 7.06. The number of nitrogens with zero attached hydrogens (tertiary/aromatic N) is 8. The SMILES string of the molecule is Cc1ccc(S(=O)(=O)CC(CCCCC(=O)CCCCn2c3cc(C(=O)NCCOCCOCCOCCN=[N+]=[N-])ccc3c3ccc(C(=O)NCCOCCOCCOCCN=[N+]=[N-])cc32)OC(=O)ON2C(=O)CCC2=O)cc1. The Bertz CT molecular complexity index is 2760. The van der Waals surface area contributed by atoms with Gasteiger partial charge in [0, 0.05) is 101 Å². The topological polar surface area (TPSA) is 340 Å². The molecule has 0 bridgehead atoms. The van der Waals surface area contributed by atoms with Gasteiger partial charge in [0.25, 0.3) is 23.6 Å². The van der Waals surface area contributed by atoms with Gasteiger partial charge in [0.15, 0.2) is 9.84 Å². The van der Waals surface area contributed by atoms with Crippen molar-refractivity contribution in [2.75, 3.05) is 111 Å². The molecule has 1 saturated heterocycles. The second-order valence-electron chi connectivity index (χ2n) is 18.2. The molecule has 4 aromatic rings. The van der Waals surface area contributed by atoms with Gasteiger partial charge in [-0.15, -0.1) is 0 Å². The van der Waals surface area contributed by atoms with Gasteiger partial charge in [-0.3, -0.25) is 28.8 Å². The van der Waals surface area contributed by atoms with Crippen LogP contribution in [0.4, 0.5) is 4.79 Å². The number of rotatable bonds is 41. The highest BCUT2D eigenvalue weighted by atomic mass is 32.2. The number of ether oxygens (including phenoxy) is 7. The highest BCUT2D eigenvalue weighted by Crippen LogP contribution is 2.31. The first kappa shape index (κ1) is 63.6. The number of imide groups is 1. The second-order valence-corrected chi connectivity index (χ2v) is 20.2. The number of carbonyl (C=O) groups excluding carboxylic acids is 6. The number of aromatic nitrogens is 1. The van der Waals surface area contributed by atoms with E-state index < -0.39 is 39.7 Å². The average molecular weight is 1140 g/mol. The van der Waals surface area contributed by atoms with Gasteiger partial charge in [-0.2, -0.15) is 0 Å². The first-order chi connectivity index (χ1) is 38.8. The third kappa shape index (κ3) is 22.2. The maximum atomic E-state index is 13.4. The molecule has 1 aliphatic rings. The van der Waals surface area contributed by atoms with Crippen molar-refractivity contribution in [3.63, 3.8) is 0 Å². The number of azide groups is 2. The molecule has 0 spiro atoms. The third-order valence-electron chi connectivity index (χ3n) is 12.3. The molecule has 2 heterocycles.